The molecule has 1 atom stereocenters. The molecule has 5 nitrogen and oxygen atoms in total. The van der Waals surface area contributed by atoms with Crippen molar-refractivity contribution in [2.45, 2.75) is 13.0 Å². The fourth-order valence-electron chi connectivity index (χ4n) is 1.73. The lowest BCUT2D eigenvalue weighted by Crippen LogP contribution is -2.30. The highest BCUT2D eigenvalue weighted by molar-refractivity contribution is 5.99. The van der Waals surface area contributed by atoms with Gasteiger partial charge in [-0.25, -0.2) is 4.79 Å². The predicted octanol–water partition coefficient (Wildman–Crippen LogP) is 2.45. The number of carbonyl (C=O) groups is 2. The third kappa shape index (κ3) is 3.82. The quantitative estimate of drug-likeness (QED) is 0.667. The number of amides is 1. The van der Waals surface area contributed by atoms with E-state index in [9.17, 15) is 9.59 Å². The van der Waals surface area contributed by atoms with Crippen molar-refractivity contribution in [2.75, 3.05) is 11.1 Å². The summed E-state index contributed by atoms with van der Waals surface area (Å²) in [7, 11) is 0. The van der Waals surface area contributed by atoms with Crippen LogP contribution in [0.25, 0.3) is 0 Å². The maximum atomic E-state index is 12.0. The number of benzene rings is 2. The lowest BCUT2D eigenvalue weighted by molar-refractivity contribution is -0.123. The average molecular weight is 284 g/mol. The number of nitrogens with one attached hydrogen (secondary N) is 1. The van der Waals surface area contributed by atoms with Crippen LogP contribution >= 0.6 is 0 Å². The Hall–Kier alpha value is -2.82. The molecule has 1 unspecified atom stereocenters. The Balaban J connectivity index is 1.98. The van der Waals surface area contributed by atoms with Crippen molar-refractivity contribution >= 4 is 23.3 Å². The molecule has 21 heavy (non-hydrogen) atoms. The molecule has 2 rings (SSSR count). The Morgan fingerprint density at radius 1 is 1.05 bits per heavy atom. The number of rotatable bonds is 4. The van der Waals surface area contributed by atoms with E-state index in [-0.39, 0.29) is 5.56 Å². The molecule has 1 amide bonds. The van der Waals surface area contributed by atoms with Crippen LogP contribution in [-0.2, 0) is 9.53 Å². The zero-order chi connectivity index (χ0) is 15.2. The molecular formula is C16H16N2O3. The number of carbonyl (C=O) groups excluding carboxylic acids is 2. The van der Waals surface area contributed by atoms with Crippen LogP contribution in [0.2, 0.25) is 0 Å². The van der Waals surface area contributed by atoms with Crippen molar-refractivity contribution in [3.8, 4) is 0 Å². The number of ether oxygens (including phenoxy) is 1. The lowest BCUT2D eigenvalue weighted by Gasteiger charge is -2.14. The molecular weight excluding hydrogens is 268 g/mol. The van der Waals surface area contributed by atoms with E-state index in [0.717, 1.165) is 0 Å². The van der Waals surface area contributed by atoms with Crippen molar-refractivity contribution in [1.29, 1.82) is 0 Å². The Kier molecular flexibility index (Phi) is 4.56. The van der Waals surface area contributed by atoms with E-state index in [4.69, 9.17) is 10.5 Å². The second-order valence-corrected chi connectivity index (χ2v) is 4.49. The first-order valence-corrected chi connectivity index (χ1v) is 6.49. The predicted molar refractivity (Wildman–Crippen MR) is 80.8 cm³/mol. The van der Waals surface area contributed by atoms with Gasteiger partial charge in [0.15, 0.2) is 6.10 Å². The van der Waals surface area contributed by atoms with E-state index in [2.05, 4.69) is 5.32 Å². The van der Waals surface area contributed by atoms with Crippen LogP contribution in [0, 0.1) is 0 Å². The number of esters is 1. The first kappa shape index (κ1) is 14.6. The van der Waals surface area contributed by atoms with E-state index in [1.54, 1.807) is 48.5 Å². The molecule has 0 aromatic heterocycles. The first-order chi connectivity index (χ1) is 10.1. The van der Waals surface area contributed by atoms with Crippen LogP contribution in [0.1, 0.15) is 17.3 Å². The monoisotopic (exact) mass is 284 g/mol. The molecule has 2 aromatic rings. The van der Waals surface area contributed by atoms with Crippen LogP contribution in [0.15, 0.2) is 54.6 Å². The van der Waals surface area contributed by atoms with E-state index >= 15 is 0 Å². The van der Waals surface area contributed by atoms with E-state index in [1.165, 1.54) is 6.92 Å². The summed E-state index contributed by atoms with van der Waals surface area (Å²) in [5.41, 5.74) is 6.90. The van der Waals surface area contributed by atoms with Gasteiger partial charge >= 0.3 is 5.97 Å². The molecule has 0 aliphatic heterocycles. The van der Waals surface area contributed by atoms with Gasteiger partial charge in [-0.2, -0.15) is 0 Å². The van der Waals surface area contributed by atoms with Gasteiger partial charge in [0.25, 0.3) is 5.91 Å². The van der Waals surface area contributed by atoms with Gasteiger partial charge in [-0.05, 0) is 31.2 Å². The molecule has 0 spiro atoms. The summed E-state index contributed by atoms with van der Waals surface area (Å²) in [6.45, 7) is 1.51. The van der Waals surface area contributed by atoms with Crippen LogP contribution in [-0.4, -0.2) is 18.0 Å². The third-order valence-electron chi connectivity index (χ3n) is 2.88. The highest BCUT2D eigenvalue weighted by atomic mass is 16.5. The highest BCUT2D eigenvalue weighted by Crippen LogP contribution is 2.13. The van der Waals surface area contributed by atoms with Gasteiger partial charge in [-0.3, -0.25) is 4.79 Å². The van der Waals surface area contributed by atoms with Crippen LogP contribution < -0.4 is 11.1 Å². The fraction of sp³-hybridized carbons (Fsp3) is 0.125. The molecule has 108 valence electrons. The van der Waals surface area contributed by atoms with Crippen LogP contribution in [0.4, 0.5) is 11.4 Å². The van der Waals surface area contributed by atoms with Crippen molar-refractivity contribution in [1.82, 2.24) is 0 Å². The Bertz CT molecular complexity index is 641. The van der Waals surface area contributed by atoms with Gasteiger partial charge in [0.1, 0.15) is 0 Å². The number of hydrogen-bond acceptors (Lipinski definition) is 4. The van der Waals surface area contributed by atoms with Crippen LogP contribution in [0.3, 0.4) is 0 Å². The SMILES string of the molecule is CC(OC(=O)c1ccccc1N)C(=O)Nc1ccccc1. The molecule has 0 bridgehead atoms. The fourth-order valence-corrected chi connectivity index (χ4v) is 1.73. The van der Waals surface area contributed by atoms with Crippen LogP contribution in [0.5, 0.6) is 0 Å². The maximum Gasteiger partial charge on any atom is 0.341 e. The Morgan fingerprint density at radius 3 is 2.33 bits per heavy atom. The molecule has 0 saturated carbocycles. The zero-order valence-corrected chi connectivity index (χ0v) is 11.6. The number of para-hydroxylation sites is 2. The lowest BCUT2D eigenvalue weighted by atomic mass is 10.2. The minimum absolute atomic E-state index is 0.247. The normalized spacial score (nSPS) is 11.5. The molecule has 3 N–H and O–H groups in total. The van der Waals surface area contributed by atoms with Gasteiger partial charge in [0, 0.05) is 11.4 Å². The molecule has 5 heteroatoms. The second kappa shape index (κ2) is 6.56. The molecule has 2 aromatic carbocycles. The second-order valence-electron chi connectivity index (χ2n) is 4.49. The first-order valence-electron chi connectivity index (χ1n) is 6.49. The maximum absolute atomic E-state index is 12.0. The van der Waals surface area contributed by atoms with Gasteiger partial charge in [-0.15, -0.1) is 0 Å². The molecule has 0 aliphatic carbocycles. The smallest absolute Gasteiger partial charge is 0.341 e. The van der Waals surface area contributed by atoms with E-state index in [0.29, 0.717) is 11.4 Å². The van der Waals surface area contributed by atoms with E-state index < -0.39 is 18.0 Å². The van der Waals surface area contributed by atoms with Crippen molar-refractivity contribution < 1.29 is 14.3 Å². The Labute approximate surface area is 122 Å². The average Bonchev–Trinajstić information content (AvgIpc) is 2.48. The van der Waals surface area contributed by atoms with Crippen molar-refractivity contribution in [3.63, 3.8) is 0 Å². The van der Waals surface area contributed by atoms with Gasteiger partial charge < -0.3 is 15.8 Å². The molecule has 0 heterocycles. The summed E-state index contributed by atoms with van der Waals surface area (Å²) >= 11 is 0. The van der Waals surface area contributed by atoms with Crippen molar-refractivity contribution in [3.05, 3.63) is 60.2 Å². The largest absolute Gasteiger partial charge is 0.449 e. The number of nitrogens with two attached hydrogens (primary N) is 1. The minimum atomic E-state index is -0.919. The summed E-state index contributed by atoms with van der Waals surface area (Å²) in [5, 5.41) is 2.67. The summed E-state index contributed by atoms with van der Waals surface area (Å²) < 4.78 is 5.12. The summed E-state index contributed by atoms with van der Waals surface area (Å²) in [4.78, 5) is 23.9. The zero-order valence-electron chi connectivity index (χ0n) is 11.6. The van der Waals surface area contributed by atoms with E-state index in [1.807, 2.05) is 6.07 Å². The van der Waals surface area contributed by atoms with Crippen molar-refractivity contribution in [2.24, 2.45) is 0 Å². The molecule has 0 radical (unpaired) electrons. The summed E-state index contributed by atoms with van der Waals surface area (Å²) in [6, 6.07) is 15.5. The standard InChI is InChI=1S/C16H16N2O3/c1-11(15(19)18-12-7-3-2-4-8-12)21-16(20)13-9-5-6-10-14(13)17/h2-11H,17H2,1H3,(H,18,19). The third-order valence-corrected chi connectivity index (χ3v) is 2.88. The minimum Gasteiger partial charge on any atom is -0.449 e. The number of hydrogen-bond donors (Lipinski definition) is 2. The topological polar surface area (TPSA) is 81.4 Å². The van der Waals surface area contributed by atoms with Gasteiger partial charge in [-0.1, -0.05) is 30.3 Å². The van der Waals surface area contributed by atoms with Gasteiger partial charge in [0.2, 0.25) is 0 Å². The van der Waals surface area contributed by atoms with Gasteiger partial charge in [0.05, 0.1) is 5.56 Å². The highest BCUT2D eigenvalue weighted by Gasteiger charge is 2.20. The molecule has 0 saturated heterocycles. The summed E-state index contributed by atoms with van der Waals surface area (Å²) in [5.74, 6) is -1.02. The number of nitrogen functional groups attached to an aromatic ring is 1. The molecule has 0 aliphatic rings. The molecule has 0 fully saturated rings. The Morgan fingerprint density at radius 2 is 1.67 bits per heavy atom. The summed E-state index contributed by atoms with van der Waals surface area (Å²) in [6.07, 6.45) is -0.919. The number of anilines is 2.